The summed E-state index contributed by atoms with van der Waals surface area (Å²) < 4.78 is 0. The molecule has 1 saturated carbocycles. The zero-order chi connectivity index (χ0) is 9.53. The molecule has 2 heteroatoms. The second-order valence-corrected chi connectivity index (χ2v) is 4.55. The molecule has 0 amide bonds. The van der Waals surface area contributed by atoms with E-state index in [4.69, 9.17) is 5.73 Å². The predicted molar refractivity (Wildman–Crippen MR) is 53.4 cm³/mol. The van der Waals surface area contributed by atoms with E-state index in [1.54, 1.807) is 0 Å². The lowest BCUT2D eigenvalue weighted by atomic mass is 9.80. The van der Waals surface area contributed by atoms with Crippen molar-refractivity contribution >= 4 is 0 Å². The largest absolute Gasteiger partial charge is 0.325 e. The number of nitrogens with two attached hydrogens (primary N) is 1. The number of rotatable bonds is 2. The van der Waals surface area contributed by atoms with Crippen molar-refractivity contribution in [3.63, 3.8) is 0 Å². The van der Waals surface area contributed by atoms with Crippen molar-refractivity contribution in [3.05, 3.63) is 30.1 Å². The highest BCUT2D eigenvalue weighted by molar-refractivity contribution is 5.33. The van der Waals surface area contributed by atoms with Crippen molar-refractivity contribution < 1.29 is 0 Å². The van der Waals surface area contributed by atoms with Gasteiger partial charge in [-0.05, 0) is 38.3 Å². The molecule has 70 valence electrons. The molecule has 0 radical (unpaired) electrons. The van der Waals surface area contributed by atoms with Gasteiger partial charge >= 0.3 is 0 Å². The summed E-state index contributed by atoms with van der Waals surface area (Å²) >= 11 is 0. The van der Waals surface area contributed by atoms with Crippen molar-refractivity contribution in [2.45, 2.75) is 37.6 Å². The molecule has 1 aliphatic carbocycles. The minimum atomic E-state index is -0.129. The average molecular weight is 176 g/mol. The second kappa shape index (κ2) is 2.55. The molecule has 2 rings (SSSR count). The standard InChI is InChI=1S/C11H16N2/c1-10(2,12)11(5-6-11)9-4-3-7-13-8-9/h3-4,7-8H,5-6,12H2,1-2H3. The third-order valence-electron chi connectivity index (χ3n) is 3.20. The smallest absolute Gasteiger partial charge is 0.0306 e. The third kappa shape index (κ3) is 1.25. The maximum absolute atomic E-state index is 6.18. The van der Waals surface area contributed by atoms with E-state index in [-0.39, 0.29) is 11.0 Å². The van der Waals surface area contributed by atoms with Crippen molar-refractivity contribution in [3.8, 4) is 0 Å². The molecule has 0 spiro atoms. The van der Waals surface area contributed by atoms with Crippen LogP contribution in [0.2, 0.25) is 0 Å². The molecule has 0 atom stereocenters. The van der Waals surface area contributed by atoms with Crippen LogP contribution < -0.4 is 5.73 Å². The van der Waals surface area contributed by atoms with E-state index in [9.17, 15) is 0 Å². The summed E-state index contributed by atoms with van der Waals surface area (Å²) in [6.07, 6.45) is 6.15. The molecule has 13 heavy (non-hydrogen) atoms. The van der Waals surface area contributed by atoms with Gasteiger partial charge in [0, 0.05) is 23.3 Å². The van der Waals surface area contributed by atoms with Crippen LogP contribution in [0, 0.1) is 0 Å². The first kappa shape index (κ1) is 8.70. The van der Waals surface area contributed by atoms with E-state index in [2.05, 4.69) is 24.9 Å². The third-order valence-corrected chi connectivity index (χ3v) is 3.20. The van der Waals surface area contributed by atoms with Crippen LogP contribution in [-0.2, 0) is 5.41 Å². The molecule has 0 unspecified atom stereocenters. The van der Waals surface area contributed by atoms with Gasteiger partial charge in [-0.1, -0.05) is 6.07 Å². The first-order chi connectivity index (χ1) is 6.06. The Labute approximate surface area is 79.2 Å². The minimum Gasteiger partial charge on any atom is -0.325 e. The van der Waals surface area contributed by atoms with Gasteiger partial charge in [0.05, 0.1) is 0 Å². The van der Waals surface area contributed by atoms with Gasteiger partial charge in [0.15, 0.2) is 0 Å². The topological polar surface area (TPSA) is 38.9 Å². The van der Waals surface area contributed by atoms with Gasteiger partial charge in [-0.25, -0.2) is 0 Å². The fourth-order valence-electron chi connectivity index (χ4n) is 2.08. The molecular weight excluding hydrogens is 160 g/mol. The van der Waals surface area contributed by atoms with Gasteiger partial charge in [0.1, 0.15) is 0 Å². The van der Waals surface area contributed by atoms with Gasteiger partial charge in [-0.3, -0.25) is 4.98 Å². The lowest BCUT2D eigenvalue weighted by molar-refractivity contribution is 0.391. The van der Waals surface area contributed by atoms with Crippen LogP contribution in [0.4, 0.5) is 0 Å². The van der Waals surface area contributed by atoms with Crippen molar-refractivity contribution in [2.75, 3.05) is 0 Å². The van der Waals surface area contributed by atoms with Crippen LogP contribution >= 0.6 is 0 Å². The normalized spacial score (nSPS) is 19.9. The fraction of sp³-hybridized carbons (Fsp3) is 0.545. The van der Waals surface area contributed by atoms with Crippen LogP contribution in [0.25, 0.3) is 0 Å². The molecule has 1 aromatic rings. The van der Waals surface area contributed by atoms with E-state index in [1.165, 1.54) is 18.4 Å². The highest BCUT2D eigenvalue weighted by atomic mass is 14.8. The molecular formula is C11H16N2. The lowest BCUT2D eigenvalue weighted by Crippen LogP contribution is -2.45. The van der Waals surface area contributed by atoms with Gasteiger partial charge in [-0.15, -0.1) is 0 Å². The van der Waals surface area contributed by atoms with Crippen LogP contribution in [0.1, 0.15) is 32.3 Å². The Morgan fingerprint density at radius 2 is 2.15 bits per heavy atom. The molecule has 1 aliphatic rings. The van der Waals surface area contributed by atoms with Crippen molar-refractivity contribution in [1.29, 1.82) is 0 Å². The van der Waals surface area contributed by atoms with E-state index < -0.39 is 0 Å². The molecule has 0 aromatic carbocycles. The van der Waals surface area contributed by atoms with Crippen molar-refractivity contribution in [2.24, 2.45) is 5.73 Å². The molecule has 0 bridgehead atoms. The zero-order valence-corrected chi connectivity index (χ0v) is 8.25. The number of pyridine rings is 1. The molecule has 0 aliphatic heterocycles. The van der Waals surface area contributed by atoms with E-state index in [0.29, 0.717) is 0 Å². The second-order valence-electron chi connectivity index (χ2n) is 4.55. The Balaban J connectivity index is 2.37. The molecule has 2 nitrogen and oxygen atoms in total. The first-order valence-electron chi connectivity index (χ1n) is 4.76. The Morgan fingerprint density at radius 3 is 2.54 bits per heavy atom. The summed E-state index contributed by atoms with van der Waals surface area (Å²) in [6.45, 7) is 4.21. The zero-order valence-electron chi connectivity index (χ0n) is 8.25. The summed E-state index contributed by atoms with van der Waals surface area (Å²) in [5, 5.41) is 0. The molecule has 1 heterocycles. The maximum atomic E-state index is 6.18. The molecule has 1 aromatic heterocycles. The molecule has 0 saturated heterocycles. The maximum Gasteiger partial charge on any atom is 0.0306 e. The van der Waals surface area contributed by atoms with Gasteiger partial charge in [-0.2, -0.15) is 0 Å². The number of hydrogen-bond acceptors (Lipinski definition) is 2. The number of aromatic nitrogens is 1. The summed E-state index contributed by atoms with van der Waals surface area (Å²) in [7, 11) is 0. The molecule has 2 N–H and O–H groups in total. The van der Waals surface area contributed by atoms with E-state index in [1.807, 2.05) is 18.5 Å². The average Bonchev–Trinajstić information content (AvgIpc) is 2.84. The number of nitrogens with zero attached hydrogens (tertiary/aromatic N) is 1. The first-order valence-corrected chi connectivity index (χ1v) is 4.76. The van der Waals surface area contributed by atoms with Crippen molar-refractivity contribution in [1.82, 2.24) is 4.98 Å². The van der Waals surface area contributed by atoms with Crippen LogP contribution in [0.5, 0.6) is 0 Å². The summed E-state index contributed by atoms with van der Waals surface area (Å²) in [4.78, 5) is 4.15. The lowest BCUT2D eigenvalue weighted by Gasteiger charge is -2.30. The highest BCUT2D eigenvalue weighted by Gasteiger charge is 2.53. The Kier molecular flexibility index (Phi) is 1.70. The van der Waals surface area contributed by atoms with E-state index >= 15 is 0 Å². The van der Waals surface area contributed by atoms with Gasteiger partial charge in [0.2, 0.25) is 0 Å². The molecule has 1 fully saturated rings. The Bertz CT molecular complexity index is 294. The minimum absolute atomic E-state index is 0.129. The Hall–Kier alpha value is -0.890. The Morgan fingerprint density at radius 1 is 1.46 bits per heavy atom. The fourth-order valence-corrected chi connectivity index (χ4v) is 2.08. The van der Waals surface area contributed by atoms with Gasteiger partial charge in [0.25, 0.3) is 0 Å². The number of hydrogen-bond donors (Lipinski definition) is 1. The summed E-state index contributed by atoms with van der Waals surface area (Å²) in [5.74, 6) is 0. The van der Waals surface area contributed by atoms with Gasteiger partial charge < -0.3 is 5.73 Å². The SMILES string of the molecule is CC(C)(N)C1(c2cccnc2)CC1. The van der Waals surface area contributed by atoms with Crippen LogP contribution in [-0.4, -0.2) is 10.5 Å². The predicted octanol–water partition coefficient (Wildman–Crippen LogP) is 1.85. The quantitative estimate of drug-likeness (QED) is 0.747. The van der Waals surface area contributed by atoms with Crippen LogP contribution in [0.15, 0.2) is 24.5 Å². The van der Waals surface area contributed by atoms with E-state index in [0.717, 1.165) is 0 Å². The highest BCUT2D eigenvalue weighted by Crippen LogP contribution is 2.54. The summed E-state index contributed by atoms with van der Waals surface area (Å²) in [5.41, 5.74) is 7.54. The summed E-state index contributed by atoms with van der Waals surface area (Å²) in [6, 6.07) is 4.12. The monoisotopic (exact) mass is 176 g/mol. The van der Waals surface area contributed by atoms with Crippen LogP contribution in [0.3, 0.4) is 0 Å².